The third-order valence-corrected chi connectivity index (χ3v) is 5.14. The first-order chi connectivity index (χ1) is 13.7. The lowest BCUT2D eigenvalue weighted by Gasteiger charge is -2.35. The molecule has 1 amide bonds. The average molecular weight is 373 g/mol. The van der Waals surface area contributed by atoms with Gasteiger partial charge in [0.05, 0.1) is 12.1 Å². The maximum absolute atomic E-state index is 12.6. The summed E-state index contributed by atoms with van der Waals surface area (Å²) in [5.41, 5.74) is 3.84. The summed E-state index contributed by atoms with van der Waals surface area (Å²) in [7, 11) is 0. The number of rotatable bonds is 4. The van der Waals surface area contributed by atoms with Gasteiger partial charge in [0.15, 0.2) is 5.82 Å². The molecule has 0 bridgehead atoms. The zero-order chi connectivity index (χ0) is 19.3. The molecule has 3 aromatic rings. The normalized spacial score (nSPS) is 14.2. The van der Waals surface area contributed by atoms with Crippen LogP contribution in [0.5, 0.6) is 0 Å². The van der Waals surface area contributed by atoms with Crippen molar-refractivity contribution in [2.24, 2.45) is 0 Å². The van der Waals surface area contributed by atoms with Crippen LogP contribution in [0.25, 0.3) is 11.4 Å². The highest BCUT2D eigenvalue weighted by molar-refractivity contribution is 5.79. The molecule has 0 radical (unpaired) electrons. The average Bonchev–Trinajstić information content (AvgIpc) is 2.76. The van der Waals surface area contributed by atoms with Crippen LogP contribution in [0.1, 0.15) is 11.1 Å². The Kier molecular flexibility index (Phi) is 5.28. The summed E-state index contributed by atoms with van der Waals surface area (Å²) >= 11 is 0. The number of carbonyl (C=O) groups is 1. The first-order valence-electron chi connectivity index (χ1n) is 9.53. The van der Waals surface area contributed by atoms with Crippen LogP contribution < -0.4 is 4.90 Å². The summed E-state index contributed by atoms with van der Waals surface area (Å²) in [4.78, 5) is 21.1. The van der Waals surface area contributed by atoms with Crippen molar-refractivity contribution < 1.29 is 4.79 Å². The number of carbonyl (C=O) groups excluding carboxylic acids is 1. The number of nitrogens with zero attached hydrogens (tertiary/aromatic N) is 5. The van der Waals surface area contributed by atoms with Gasteiger partial charge in [-0.15, -0.1) is 10.2 Å². The van der Waals surface area contributed by atoms with Crippen molar-refractivity contribution in [1.82, 2.24) is 20.1 Å². The number of aryl methyl sites for hydroxylation is 1. The molecule has 3 heterocycles. The molecule has 0 unspecified atom stereocenters. The van der Waals surface area contributed by atoms with Crippen LogP contribution >= 0.6 is 0 Å². The Labute approximate surface area is 164 Å². The lowest BCUT2D eigenvalue weighted by molar-refractivity contribution is -0.130. The maximum atomic E-state index is 12.6. The van der Waals surface area contributed by atoms with Crippen LogP contribution in [-0.4, -0.2) is 52.2 Å². The van der Waals surface area contributed by atoms with E-state index in [0.717, 1.165) is 41.4 Å². The summed E-state index contributed by atoms with van der Waals surface area (Å²) in [5.74, 6) is 1.02. The van der Waals surface area contributed by atoms with Crippen LogP contribution in [0.3, 0.4) is 0 Å². The van der Waals surface area contributed by atoms with Gasteiger partial charge < -0.3 is 9.80 Å². The number of amides is 1. The molecular weight excluding hydrogens is 350 g/mol. The molecule has 0 N–H and O–H groups in total. The van der Waals surface area contributed by atoms with E-state index >= 15 is 0 Å². The fourth-order valence-electron chi connectivity index (χ4n) is 3.41. The van der Waals surface area contributed by atoms with E-state index in [-0.39, 0.29) is 5.91 Å². The zero-order valence-electron chi connectivity index (χ0n) is 16.0. The van der Waals surface area contributed by atoms with Crippen molar-refractivity contribution in [2.75, 3.05) is 31.1 Å². The van der Waals surface area contributed by atoms with Crippen molar-refractivity contribution in [2.45, 2.75) is 13.3 Å². The van der Waals surface area contributed by atoms with E-state index in [4.69, 9.17) is 0 Å². The zero-order valence-corrected chi connectivity index (χ0v) is 16.0. The van der Waals surface area contributed by atoms with Gasteiger partial charge >= 0.3 is 0 Å². The van der Waals surface area contributed by atoms with Crippen molar-refractivity contribution in [1.29, 1.82) is 0 Å². The largest absolute Gasteiger partial charge is 0.352 e. The van der Waals surface area contributed by atoms with Gasteiger partial charge in [0.2, 0.25) is 5.91 Å². The molecular formula is C22H23N5O. The minimum atomic E-state index is 0.186. The van der Waals surface area contributed by atoms with Gasteiger partial charge in [-0.3, -0.25) is 9.78 Å². The third kappa shape index (κ3) is 4.01. The third-order valence-electron chi connectivity index (χ3n) is 5.14. The first-order valence-corrected chi connectivity index (χ1v) is 9.53. The number of anilines is 1. The number of pyridine rings is 1. The van der Waals surface area contributed by atoms with Gasteiger partial charge in [-0.05, 0) is 42.3 Å². The SMILES string of the molecule is Cc1ccccc1CC(=O)N1CCN(c2ccc(-c3ccccn3)nn2)CC1. The fraction of sp³-hybridized carbons (Fsp3) is 0.273. The predicted octanol–water partition coefficient (Wildman–Crippen LogP) is 2.74. The van der Waals surface area contributed by atoms with Crippen molar-refractivity contribution in [3.8, 4) is 11.4 Å². The van der Waals surface area contributed by atoms with E-state index in [1.54, 1.807) is 6.20 Å². The quantitative estimate of drug-likeness (QED) is 0.704. The van der Waals surface area contributed by atoms with E-state index in [1.807, 2.05) is 66.4 Å². The molecule has 2 aromatic heterocycles. The summed E-state index contributed by atoms with van der Waals surface area (Å²) in [5, 5.41) is 8.67. The lowest BCUT2D eigenvalue weighted by atomic mass is 10.1. The van der Waals surface area contributed by atoms with E-state index in [2.05, 4.69) is 20.1 Å². The molecule has 1 aromatic carbocycles. The highest BCUT2D eigenvalue weighted by Crippen LogP contribution is 2.18. The van der Waals surface area contributed by atoms with Crippen molar-refractivity contribution >= 4 is 11.7 Å². The first kappa shape index (κ1) is 18.1. The lowest BCUT2D eigenvalue weighted by Crippen LogP contribution is -2.49. The molecule has 1 aliphatic heterocycles. The van der Waals surface area contributed by atoms with Gasteiger partial charge in [0, 0.05) is 32.4 Å². The molecule has 142 valence electrons. The van der Waals surface area contributed by atoms with Crippen LogP contribution in [-0.2, 0) is 11.2 Å². The second-order valence-electron chi connectivity index (χ2n) is 6.96. The molecule has 6 heteroatoms. The van der Waals surface area contributed by atoms with Gasteiger partial charge in [-0.1, -0.05) is 30.3 Å². The minimum absolute atomic E-state index is 0.186. The smallest absolute Gasteiger partial charge is 0.227 e. The number of benzene rings is 1. The molecule has 0 aliphatic carbocycles. The van der Waals surface area contributed by atoms with Gasteiger partial charge in [0.1, 0.15) is 5.69 Å². The van der Waals surface area contributed by atoms with Crippen LogP contribution in [0.15, 0.2) is 60.8 Å². The molecule has 0 atom stereocenters. The molecule has 0 saturated carbocycles. The highest BCUT2D eigenvalue weighted by atomic mass is 16.2. The number of hydrogen-bond acceptors (Lipinski definition) is 5. The Bertz CT molecular complexity index is 935. The summed E-state index contributed by atoms with van der Waals surface area (Å²) < 4.78 is 0. The van der Waals surface area contributed by atoms with E-state index in [0.29, 0.717) is 19.5 Å². The molecule has 1 saturated heterocycles. The Morgan fingerprint density at radius 3 is 2.36 bits per heavy atom. The molecule has 6 nitrogen and oxygen atoms in total. The Morgan fingerprint density at radius 2 is 1.68 bits per heavy atom. The van der Waals surface area contributed by atoms with E-state index in [1.165, 1.54) is 0 Å². The van der Waals surface area contributed by atoms with Crippen LogP contribution in [0, 0.1) is 6.92 Å². The molecule has 1 aliphatic rings. The monoisotopic (exact) mass is 373 g/mol. The highest BCUT2D eigenvalue weighted by Gasteiger charge is 2.22. The second-order valence-corrected chi connectivity index (χ2v) is 6.96. The van der Waals surface area contributed by atoms with Gasteiger partial charge in [-0.25, -0.2) is 0 Å². The number of hydrogen-bond donors (Lipinski definition) is 0. The fourth-order valence-corrected chi connectivity index (χ4v) is 3.41. The Hall–Kier alpha value is -3.28. The Morgan fingerprint density at radius 1 is 0.893 bits per heavy atom. The van der Waals surface area contributed by atoms with Crippen LogP contribution in [0.2, 0.25) is 0 Å². The summed E-state index contributed by atoms with van der Waals surface area (Å²) in [6, 6.07) is 17.7. The molecule has 1 fully saturated rings. The molecule has 0 spiro atoms. The molecule has 28 heavy (non-hydrogen) atoms. The predicted molar refractivity (Wildman–Crippen MR) is 109 cm³/mol. The minimum Gasteiger partial charge on any atom is -0.352 e. The van der Waals surface area contributed by atoms with Gasteiger partial charge in [0.25, 0.3) is 0 Å². The summed E-state index contributed by atoms with van der Waals surface area (Å²) in [6.45, 7) is 4.98. The van der Waals surface area contributed by atoms with E-state index in [9.17, 15) is 4.79 Å². The van der Waals surface area contributed by atoms with Crippen molar-refractivity contribution in [3.05, 3.63) is 71.9 Å². The van der Waals surface area contributed by atoms with Crippen LogP contribution in [0.4, 0.5) is 5.82 Å². The standard InChI is InChI=1S/C22H23N5O/c1-17-6-2-3-7-18(17)16-22(28)27-14-12-26(13-15-27)21-10-9-20(24-25-21)19-8-4-5-11-23-19/h2-11H,12-16H2,1H3. The summed E-state index contributed by atoms with van der Waals surface area (Å²) in [6.07, 6.45) is 2.21. The van der Waals surface area contributed by atoms with Crippen molar-refractivity contribution in [3.63, 3.8) is 0 Å². The van der Waals surface area contributed by atoms with Gasteiger partial charge in [-0.2, -0.15) is 0 Å². The topological polar surface area (TPSA) is 62.2 Å². The Balaban J connectivity index is 1.35. The molecule has 4 rings (SSSR count). The number of piperazine rings is 1. The maximum Gasteiger partial charge on any atom is 0.227 e. The van der Waals surface area contributed by atoms with E-state index < -0.39 is 0 Å². The second kappa shape index (κ2) is 8.17. The number of aromatic nitrogens is 3.